The lowest BCUT2D eigenvalue weighted by atomic mass is 10.1. The maximum Gasteiger partial charge on any atom is 0.239 e. The third-order valence-electron chi connectivity index (χ3n) is 3.75. The number of nitrogens with zero attached hydrogens (tertiary/aromatic N) is 1. The van der Waals surface area contributed by atoms with Gasteiger partial charge in [0.2, 0.25) is 11.8 Å². The molecule has 2 amide bonds. The van der Waals surface area contributed by atoms with Crippen LogP contribution in [0.1, 0.15) is 17.9 Å². The average molecular weight is 337 g/mol. The molecular formula is C19H19N3O3. The van der Waals surface area contributed by atoms with Crippen molar-refractivity contribution in [1.82, 2.24) is 15.6 Å². The molecule has 0 fully saturated rings. The first kappa shape index (κ1) is 16.7. The molecule has 3 rings (SSSR count). The molecule has 25 heavy (non-hydrogen) atoms. The molecule has 0 saturated carbocycles. The first-order valence-electron chi connectivity index (χ1n) is 8.11. The second kappa shape index (κ2) is 8.10. The highest BCUT2D eigenvalue weighted by Gasteiger charge is 2.07. The summed E-state index contributed by atoms with van der Waals surface area (Å²) in [7, 11) is 0. The molecule has 1 aromatic carbocycles. The van der Waals surface area contributed by atoms with E-state index in [0.29, 0.717) is 18.7 Å². The van der Waals surface area contributed by atoms with E-state index in [9.17, 15) is 9.59 Å². The highest BCUT2D eigenvalue weighted by molar-refractivity contribution is 5.84. The first-order valence-corrected chi connectivity index (χ1v) is 8.11. The number of aryl methyl sites for hydroxylation is 1. The van der Waals surface area contributed by atoms with Crippen LogP contribution in [0.5, 0.6) is 0 Å². The Bertz CT molecular complexity index is 859. The zero-order valence-corrected chi connectivity index (χ0v) is 13.7. The molecule has 2 aromatic heterocycles. The van der Waals surface area contributed by atoms with Gasteiger partial charge in [-0.1, -0.05) is 24.3 Å². The Morgan fingerprint density at radius 1 is 0.960 bits per heavy atom. The molecule has 0 radical (unpaired) electrons. The zero-order valence-electron chi connectivity index (χ0n) is 13.7. The van der Waals surface area contributed by atoms with Crippen molar-refractivity contribution >= 4 is 22.7 Å². The molecule has 128 valence electrons. The predicted octanol–water partition coefficient (Wildman–Crippen LogP) is 2.19. The number of rotatable bonds is 7. The van der Waals surface area contributed by atoms with Crippen molar-refractivity contribution in [3.63, 3.8) is 0 Å². The van der Waals surface area contributed by atoms with Crippen molar-refractivity contribution in [2.24, 2.45) is 0 Å². The van der Waals surface area contributed by atoms with Gasteiger partial charge in [0.25, 0.3) is 0 Å². The average Bonchev–Trinajstić information content (AvgIpc) is 3.16. The molecule has 0 saturated heterocycles. The molecule has 0 bridgehead atoms. The summed E-state index contributed by atoms with van der Waals surface area (Å²) < 4.78 is 5.12. The van der Waals surface area contributed by atoms with Crippen LogP contribution in [0.25, 0.3) is 10.9 Å². The summed E-state index contributed by atoms with van der Waals surface area (Å²) in [5.41, 5.74) is 1.77. The molecule has 2 heterocycles. The van der Waals surface area contributed by atoms with Crippen LogP contribution in [0.15, 0.2) is 59.2 Å². The van der Waals surface area contributed by atoms with E-state index >= 15 is 0 Å². The summed E-state index contributed by atoms with van der Waals surface area (Å²) in [5, 5.41) is 6.36. The van der Waals surface area contributed by atoms with Gasteiger partial charge in [-0.05, 0) is 30.7 Å². The quantitative estimate of drug-likeness (QED) is 0.692. The normalized spacial score (nSPS) is 10.6. The van der Waals surface area contributed by atoms with Crippen molar-refractivity contribution in [3.8, 4) is 0 Å². The summed E-state index contributed by atoms with van der Waals surface area (Å²) in [6.45, 7) is 0.257. The highest BCUT2D eigenvalue weighted by Crippen LogP contribution is 2.12. The van der Waals surface area contributed by atoms with Crippen molar-refractivity contribution < 1.29 is 14.0 Å². The Morgan fingerprint density at radius 3 is 2.68 bits per heavy atom. The largest absolute Gasteiger partial charge is 0.467 e. The maximum atomic E-state index is 11.9. The zero-order chi connectivity index (χ0) is 17.5. The standard InChI is InChI=1S/C19H19N3O3/c23-18(21-13-19(24)20-12-16-5-3-11-25-16)10-9-15-8-7-14-4-1-2-6-17(14)22-15/h1-8,11H,9-10,12-13H2,(H,20,24)(H,21,23). The number of furan rings is 1. The number of pyridine rings is 1. The number of benzene rings is 1. The molecular weight excluding hydrogens is 318 g/mol. The molecule has 0 spiro atoms. The fourth-order valence-corrected chi connectivity index (χ4v) is 2.42. The minimum Gasteiger partial charge on any atom is -0.467 e. The lowest BCUT2D eigenvalue weighted by molar-refractivity contribution is -0.126. The summed E-state index contributed by atoms with van der Waals surface area (Å²) in [6.07, 6.45) is 2.37. The van der Waals surface area contributed by atoms with Crippen LogP contribution in [0, 0.1) is 0 Å². The van der Waals surface area contributed by atoms with Gasteiger partial charge < -0.3 is 15.1 Å². The van der Waals surface area contributed by atoms with Gasteiger partial charge in [-0.25, -0.2) is 0 Å². The lowest BCUT2D eigenvalue weighted by Gasteiger charge is -2.06. The SMILES string of the molecule is O=C(CCc1ccc2ccccc2n1)NCC(=O)NCc1ccco1. The van der Waals surface area contributed by atoms with E-state index in [0.717, 1.165) is 16.6 Å². The van der Waals surface area contributed by atoms with Gasteiger partial charge in [0.05, 0.1) is 24.9 Å². The first-order chi connectivity index (χ1) is 12.2. The van der Waals surface area contributed by atoms with Crippen molar-refractivity contribution in [2.75, 3.05) is 6.54 Å². The lowest BCUT2D eigenvalue weighted by Crippen LogP contribution is -2.36. The molecule has 0 unspecified atom stereocenters. The van der Waals surface area contributed by atoms with Crippen LogP contribution in [0.4, 0.5) is 0 Å². The maximum absolute atomic E-state index is 11.9. The number of nitrogens with one attached hydrogen (secondary N) is 2. The van der Waals surface area contributed by atoms with Crippen LogP contribution in [0.2, 0.25) is 0 Å². The smallest absolute Gasteiger partial charge is 0.239 e. The van der Waals surface area contributed by atoms with Crippen LogP contribution in [-0.4, -0.2) is 23.3 Å². The number of hydrogen-bond acceptors (Lipinski definition) is 4. The third kappa shape index (κ3) is 4.91. The van der Waals surface area contributed by atoms with Crippen LogP contribution >= 0.6 is 0 Å². The molecule has 2 N–H and O–H groups in total. The van der Waals surface area contributed by atoms with Gasteiger partial charge in [0.15, 0.2) is 0 Å². The van der Waals surface area contributed by atoms with Gasteiger partial charge in [-0.15, -0.1) is 0 Å². The number of carbonyl (C=O) groups excluding carboxylic acids is 2. The van der Waals surface area contributed by atoms with Gasteiger partial charge in [0, 0.05) is 17.5 Å². The molecule has 0 aliphatic carbocycles. The number of fused-ring (bicyclic) bond motifs is 1. The molecule has 0 aliphatic heterocycles. The molecule has 0 aliphatic rings. The number of carbonyl (C=O) groups is 2. The van der Waals surface area contributed by atoms with Gasteiger partial charge >= 0.3 is 0 Å². The van der Waals surface area contributed by atoms with Gasteiger partial charge in [-0.2, -0.15) is 0 Å². The predicted molar refractivity (Wildman–Crippen MR) is 93.6 cm³/mol. The Morgan fingerprint density at radius 2 is 1.84 bits per heavy atom. The summed E-state index contributed by atoms with van der Waals surface area (Å²) in [4.78, 5) is 28.1. The minimum absolute atomic E-state index is 0.0509. The van der Waals surface area contributed by atoms with Gasteiger partial charge in [-0.3, -0.25) is 14.6 Å². The van der Waals surface area contributed by atoms with Crippen molar-refractivity contribution in [3.05, 3.63) is 66.2 Å². The van der Waals surface area contributed by atoms with Crippen LogP contribution in [-0.2, 0) is 22.6 Å². The van der Waals surface area contributed by atoms with Crippen LogP contribution in [0.3, 0.4) is 0 Å². The van der Waals surface area contributed by atoms with E-state index < -0.39 is 0 Å². The second-order valence-electron chi connectivity index (χ2n) is 5.63. The summed E-state index contributed by atoms with van der Waals surface area (Å²) in [6, 6.07) is 15.3. The molecule has 3 aromatic rings. The molecule has 6 heteroatoms. The highest BCUT2D eigenvalue weighted by atomic mass is 16.3. The third-order valence-corrected chi connectivity index (χ3v) is 3.75. The number of amides is 2. The Balaban J connectivity index is 1.40. The number of para-hydroxylation sites is 1. The second-order valence-corrected chi connectivity index (χ2v) is 5.63. The van der Waals surface area contributed by atoms with E-state index in [-0.39, 0.29) is 24.8 Å². The topological polar surface area (TPSA) is 84.2 Å². The monoisotopic (exact) mass is 337 g/mol. The van der Waals surface area contributed by atoms with E-state index in [1.807, 2.05) is 36.4 Å². The molecule has 6 nitrogen and oxygen atoms in total. The fraction of sp³-hybridized carbons (Fsp3) is 0.211. The van der Waals surface area contributed by atoms with Crippen LogP contribution < -0.4 is 10.6 Å². The Hall–Kier alpha value is -3.15. The number of aromatic nitrogens is 1. The number of hydrogen-bond donors (Lipinski definition) is 2. The summed E-state index contributed by atoms with van der Waals surface area (Å²) >= 11 is 0. The van der Waals surface area contributed by atoms with E-state index in [2.05, 4.69) is 15.6 Å². The van der Waals surface area contributed by atoms with E-state index in [1.54, 1.807) is 18.4 Å². The molecule has 0 atom stereocenters. The Labute approximate surface area is 145 Å². The minimum atomic E-state index is -0.256. The van der Waals surface area contributed by atoms with Gasteiger partial charge in [0.1, 0.15) is 5.76 Å². The van der Waals surface area contributed by atoms with E-state index in [4.69, 9.17) is 4.42 Å². The van der Waals surface area contributed by atoms with Crippen molar-refractivity contribution in [2.45, 2.75) is 19.4 Å². The fourth-order valence-electron chi connectivity index (χ4n) is 2.42. The summed E-state index contributed by atoms with van der Waals surface area (Å²) in [5.74, 6) is 0.235. The Kier molecular flexibility index (Phi) is 5.41. The van der Waals surface area contributed by atoms with E-state index in [1.165, 1.54) is 0 Å². The van der Waals surface area contributed by atoms with Crippen molar-refractivity contribution in [1.29, 1.82) is 0 Å².